The van der Waals surface area contributed by atoms with E-state index in [1.165, 1.54) is 0 Å². The number of carbonyl (C=O) groups is 2. The molecular formula is C12H16N2O2. The number of aromatic nitrogens is 2. The Hall–Kier alpha value is -1.45. The lowest BCUT2D eigenvalue weighted by Gasteiger charge is -2.24. The number of carbonyl (C=O) groups excluding carboxylic acids is 2. The summed E-state index contributed by atoms with van der Waals surface area (Å²) < 4.78 is 1.68. The van der Waals surface area contributed by atoms with E-state index in [-0.39, 0.29) is 11.6 Å². The number of hydrogen-bond acceptors (Lipinski definition) is 3. The molecule has 0 saturated heterocycles. The van der Waals surface area contributed by atoms with Gasteiger partial charge in [-0.1, -0.05) is 6.92 Å². The van der Waals surface area contributed by atoms with E-state index in [2.05, 4.69) is 11.9 Å². The van der Waals surface area contributed by atoms with E-state index in [4.69, 9.17) is 0 Å². The standard InChI is InChI=1S/C12H16N2O2/c1-8-3-4-10(15)9(7-8)11(16)12-13-5-6-14(12)2/h5-6,8-9H,3-4,7H2,1-2H3. The fourth-order valence-electron chi connectivity index (χ4n) is 2.23. The summed E-state index contributed by atoms with van der Waals surface area (Å²) in [7, 11) is 1.77. The van der Waals surface area contributed by atoms with Gasteiger partial charge in [-0.25, -0.2) is 4.98 Å². The van der Waals surface area contributed by atoms with Crippen LogP contribution in [0, 0.1) is 11.8 Å². The molecule has 0 bridgehead atoms. The van der Waals surface area contributed by atoms with Gasteiger partial charge in [0.1, 0.15) is 5.78 Å². The molecule has 4 nitrogen and oxygen atoms in total. The van der Waals surface area contributed by atoms with Gasteiger partial charge in [0.25, 0.3) is 0 Å². The number of aryl methyl sites for hydroxylation is 1. The van der Waals surface area contributed by atoms with Crippen LogP contribution in [0.3, 0.4) is 0 Å². The molecule has 4 heteroatoms. The van der Waals surface area contributed by atoms with Gasteiger partial charge in [0.05, 0.1) is 5.92 Å². The van der Waals surface area contributed by atoms with Gasteiger partial charge in [-0.05, 0) is 18.8 Å². The minimum Gasteiger partial charge on any atom is -0.332 e. The van der Waals surface area contributed by atoms with E-state index in [0.29, 0.717) is 24.6 Å². The lowest BCUT2D eigenvalue weighted by molar-refractivity contribution is -0.123. The highest BCUT2D eigenvalue weighted by atomic mass is 16.2. The molecule has 1 saturated carbocycles. The average molecular weight is 220 g/mol. The molecule has 1 aliphatic carbocycles. The predicted molar refractivity (Wildman–Crippen MR) is 59.1 cm³/mol. The fourth-order valence-corrected chi connectivity index (χ4v) is 2.23. The minimum absolute atomic E-state index is 0.0751. The summed E-state index contributed by atoms with van der Waals surface area (Å²) in [6.45, 7) is 2.09. The first-order chi connectivity index (χ1) is 7.59. The highest BCUT2D eigenvalue weighted by molar-refractivity contribution is 6.09. The third-order valence-electron chi connectivity index (χ3n) is 3.27. The lowest BCUT2D eigenvalue weighted by atomic mass is 9.79. The van der Waals surface area contributed by atoms with E-state index in [1.54, 1.807) is 24.0 Å². The van der Waals surface area contributed by atoms with Crippen molar-refractivity contribution in [3.63, 3.8) is 0 Å². The Morgan fingerprint density at radius 2 is 2.31 bits per heavy atom. The molecule has 0 spiro atoms. The van der Waals surface area contributed by atoms with E-state index >= 15 is 0 Å². The highest BCUT2D eigenvalue weighted by Gasteiger charge is 2.34. The second-order valence-corrected chi connectivity index (χ2v) is 4.62. The van der Waals surface area contributed by atoms with Crippen LogP contribution in [0.15, 0.2) is 12.4 Å². The summed E-state index contributed by atoms with van der Waals surface area (Å²) in [6.07, 6.45) is 5.42. The molecule has 2 unspecified atom stereocenters. The Morgan fingerprint density at radius 3 is 2.94 bits per heavy atom. The van der Waals surface area contributed by atoms with E-state index in [1.807, 2.05) is 0 Å². The van der Waals surface area contributed by atoms with Crippen molar-refractivity contribution in [1.82, 2.24) is 9.55 Å². The summed E-state index contributed by atoms with van der Waals surface area (Å²) in [4.78, 5) is 27.9. The molecule has 2 atom stereocenters. The van der Waals surface area contributed by atoms with Crippen LogP contribution in [0.25, 0.3) is 0 Å². The third-order valence-corrected chi connectivity index (χ3v) is 3.27. The van der Waals surface area contributed by atoms with Gasteiger partial charge < -0.3 is 4.57 Å². The molecule has 16 heavy (non-hydrogen) atoms. The average Bonchev–Trinajstić information content (AvgIpc) is 2.67. The Balaban J connectivity index is 2.21. The van der Waals surface area contributed by atoms with Crippen molar-refractivity contribution in [1.29, 1.82) is 0 Å². The topological polar surface area (TPSA) is 52.0 Å². The number of ketones is 2. The van der Waals surface area contributed by atoms with Crippen LogP contribution in [0.5, 0.6) is 0 Å². The Morgan fingerprint density at radius 1 is 1.56 bits per heavy atom. The molecule has 2 rings (SSSR count). The van der Waals surface area contributed by atoms with E-state index in [0.717, 1.165) is 6.42 Å². The zero-order valence-electron chi connectivity index (χ0n) is 9.64. The van der Waals surface area contributed by atoms with Crippen LogP contribution in [0.2, 0.25) is 0 Å². The van der Waals surface area contributed by atoms with Gasteiger partial charge in [0.2, 0.25) is 5.78 Å². The number of rotatable bonds is 2. The monoisotopic (exact) mass is 220 g/mol. The van der Waals surface area contributed by atoms with Crippen molar-refractivity contribution in [2.45, 2.75) is 26.2 Å². The van der Waals surface area contributed by atoms with E-state index < -0.39 is 5.92 Å². The van der Waals surface area contributed by atoms with Crippen molar-refractivity contribution in [2.75, 3.05) is 0 Å². The summed E-state index contributed by atoms with van der Waals surface area (Å²) in [5, 5.41) is 0. The molecule has 1 aromatic rings. The molecule has 0 radical (unpaired) electrons. The molecule has 1 aliphatic rings. The van der Waals surface area contributed by atoms with Gasteiger partial charge >= 0.3 is 0 Å². The molecule has 86 valence electrons. The fraction of sp³-hybridized carbons (Fsp3) is 0.583. The van der Waals surface area contributed by atoms with Crippen LogP contribution < -0.4 is 0 Å². The molecule has 0 amide bonds. The first kappa shape index (κ1) is 11.0. The zero-order valence-corrected chi connectivity index (χ0v) is 9.64. The molecule has 0 aromatic carbocycles. The first-order valence-corrected chi connectivity index (χ1v) is 5.64. The normalized spacial score (nSPS) is 25.8. The van der Waals surface area contributed by atoms with Gasteiger partial charge in [-0.15, -0.1) is 0 Å². The van der Waals surface area contributed by atoms with Crippen LogP contribution in [0.4, 0.5) is 0 Å². The maximum absolute atomic E-state index is 12.1. The lowest BCUT2D eigenvalue weighted by Crippen LogP contribution is -2.31. The van der Waals surface area contributed by atoms with Crippen LogP contribution >= 0.6 is 0 Å². The van der Waals surface area contributed by atoms with Gasteiger partial charge in [-0.3, -0.25) is 9.59 Å². The molecule has 0 N–H and O–H groups in total. The van der Waals surface area contributed by atoms with Gasteiger partial charge in [0, 0.05) is 25.9 Å². The predicted octanol–water partition coefficient (Wildman–Crippen LogP) is 1.61. The minimum atomic E-state index is -0.468. The van der Waals surface area contributed by atoms with Gasteiger partial charge in [-0.2, -0.15) is 0 Å². The second-order valence-electron chi connectivity index (χ2n) is 4.62. The molecule has 1 heterocycles. The Labute approximate surface area is 94.7 Å². The summed E-state index contributed by atoms with van der Waals surface area (Å²) in [5.74, 6) is 0.333. The maximum atomic E-state index is 12.1. The zero-order chi connectivity index (χ0) is 11.7. The first-order valence-electron chi connectivity index (χ1n) is 5.64. The van der Waals surface area contributed by atoms with Crippen molar-refractivity contribution in [3.05, 3.63) is 18.2 Å². The Bertz CT molecular complexity index is 422. The van der Waals surface area contributed by atoms with E-state index in [9.17, 15) is 9.59 Å². The molecular weight excluding hydrogens is 204 g/mol. The number of nitrogens with zero attached hydrogens (tertiary/aromatic N) is 2. The van der Waals surface area contributed by atoms with Crippen LogP contribution in [-0.4, -0.2) is 21.1 Å². The number of imidazole rings is 1. The van der Waals surface area contributed by atoms with Crippen molar-refractivity contribution < 1.29 is 9.59 Å². The molecule has 0 aliphatic heterocycles. The van der Waals surface area contributed by atoms with Crippen molar-refractivity contribution in [3.8, 4) is 0 Å². The van der Waals surface area contributed by atoms with Crippen LogP contribution in [0.1, 0.15) is 36.8 Å². The largest absolute Gasteiger partial charge is 0.332 e. The second kappa shape index (κ2) is 4.20. The Kier molecular flexibility index (Phi) is 2.90. The summed E-state index contributed by atoms with van der Waals surface area (Å²) >= 11 is 0. The maximum Gasteiger partial charge on any atom is 0.208 e. The van der Waals surface area contributed by atoms with Crippen LogP contribution in [-0.2, 0) is 11.8 Å². The van der Waals surface area contributed by atoms with Crippen molar-refractivity contribution >= 4 is 11.6 Å². The van der Waals surface area contributed by atoms with Crippen molar-refractivity contribution in [2.24, 2.45) is 18.9 Å². The SMILES string of the molecule is CC1CCC(=O)C(C(=O)c2nccn2C)C1. The third kappa shape index (κ3) is 1.92. The summed E-state index contributed by atoms with van der Waals surface area (Å²) in [6, 6.07) is 0. The molecule has 1 fully saturated rings. The highest BCUT2D eigenvalue weighted by Crippen LogP contribution is 2.28. The molecule has 1 aromatic heterocycles. The number of Topliss-reactive ketones (excluding diaryl/α,β-unsaturated/α-hetero) is 2. The van der Waals surface area contributed by atoms with Gasteiger partial charge in [0.15, 0.2) is 5.82 Å². The smallest absolute Gasteiger partial charge is 0.208 e. The number of hydrogen-bond donors (Lipinski definition) is 0. The quantitative estimate of drug-likeness (QED) is 0.562. The summed E-state index contributed by atoms with van der Waals surface area (Å²) in [5.41, 5.74) is 0.